The molecule has 0 heterocycles. The normalized spacial score (nSPS) is 11.6. The molecule has 0 radical (unpaired) electrons. The molecule has 0 amide bonds. The van der Waals surface area contributed by atoms with E-state index in [1.807, 2.05) is 0 Å². The monoisotopic (exact) mass is 229 g/mol. The lowest BCUT2D eigenvalue weighted by atomic mass is 10.3. The molecular formula is C8H5F6N. The van der Waals surface area contributed by atoms with E-state index in [0.717, 1.165) is 0 Å². The van der Waals surface area contributed by atoms with Crippen molar-refractivity contribution in [1.29, 1.82) is 0 Å². The van der Waals surface area contributed by atoms with Gasteiger partial charge in [-0.25, -0.2) is 13.2 Å². The molecule has 84 valence electrons. The summed E-state index contributed by atoms with van der Waals surface area (Å²) in [5.74, 6) is -4.00. The van der Waals surface area contributed by atoms with Gasteiger partial charge in [-0.15, -0.1) is 0 Å². The van der Waals surface area contributed by atoms with Gasteiger partial charge in [0.15, 0.2) is 11.6 Å². The highest BCUT2D eigenvalue weighted by atomic mass is 19.4. The van der Waals surface area contributed by atoms with Crippen LogP contribution in [0.1, 0.15) is 0 Å². The van der Waals surface area contributed by atoms with E-state index in [4.69, 9.17) is 0 Å². The number of anilines is 1. The molecule has 0 aliphatic heterocycles. The van der Waals surface area contributed by atoms with Gasteiger partial charge < -0.3 is 5.32 Å². The minimum atomic E-state index is -4.60. The lowest BCUT2D eigenvalue weighted by molar-refractivity contribution is -0.115. The van der Waals surface area contributed by atoms with Gasteiger partial charge in [0.05, 0.1) is 0 Å². The summed E-state index contributed by atoms with van der Waals surface area (Å²) in [5.41, 5.74) is -0.992. The van der Waals surface area contributed by atoms with E-state index < -0.39 is 35.9 Å². The van der Waals surface area contributed by atoms with Crippen LogP contribution in [0.25, 0.3) is 0 Å². The third-order valence-electron chi connectivity index (χ3n) is 1.47. The smallest absolute Gasteiger partial charge is 0.372 e. The van der Waals surface area contributed by atoms with Crippen LogP contribution in [0, 0.1) is 17.5 Å². The fraction of sp³-hybridized carbons (Fsp3) is 0.250. The van der Waals surface area contributed by atoms with Crippen molar-refractivity contribution in [1.82, 2.24) is 0 Å². The molecule has 0 aliphatic carbocycles. The summed E-state index contributed by atoms with van der Waals surface area (Å²) < 4.78 is 73.0. The van der Waals surface area contributed by atoms with Gasteiger partial charge in [0, 0.05) is 12.1 Å². The predicted molar refractivity (Wildman–Crippen MR) is 40.9 cm³/mol. The van der Waals surface area contributed by atoms with Gasteiger partial charge in [0.25, 0.3) is 0 Å². The first-order chi connectivity index (χ1) is 6.79. The zero-order valence-corrected chi connectivity index (χ0v) is 7.13. The minimum Gasteiger partial charge on any atom is -0.372 e. The quantitative estimate of drug-likeness (QED) is 0.768. The van der Waals surface area contributed by atoms with Crippen molar-refractivity contribution in [3.63, 3.8) is 0 Å². The molecule has 1 rings (SSSR count). The Bertz CT molecular complexity index is 336. The number of hydrogen-bond donors (Lipinski definition) is 1. The van der Waals surface area contributed by atoms with Crippen LogP contribution < -0.4 is 5.32 Å². The van der Waals surface area contributed by atoms with Crippen LogP contribution in [0.3, 0.4) is 0 Å². The molecule has 1 aromatic carbocycles. The molecule has 0 unspecified atom stereocenters. The lowest BCUT2D eigenvalue weighted by Crippen LogP contribution is -2.22. The molecule has 0 saturated heterocycles. The molecule has 0 fully saturated rings. The third kappa shape index (κ3) is 3.34. The Hall–Kier alpha value is -1.40. The molecule has 0 spiro atoms. The molecule has 0 atom stereocenters. The summed E-state index contributed by atoms with van der Waals surface area (Å²) in [6.45, 7) is -1.59. The van der Waals surface area contributed by atoms with Gasteiger partial charge in [-0.05, 0) is 0 Å². The average Bonchev–Trinajstić information content (AvgIpc) is 1.99. The van der Waals surface area contributed by atoms with Crippen molar-refractivity contribution in [2.24, 2.45) is 0 Å². The lowest BCUT2D eigenvalue weighted by Gasteiger charge is -2.10. The Morgan fingerprint density at radius 2 is 1.47 bits per heavy atom. The standard InChI is InChI=1S/C8H5F6N/c9-4-1-5(10)7(6(11)2-4)15-3-8(12,13)14/h1-2,15H,3H2. The molecular weight excluding hydrogens is 224 g/mol. The average molecular weight is 229 g/mol. The van der Waals surface area contributed by atoms with E-state index in [2.05, 4.69) is 0 Å². The highest BCUT2D eigenvalue weighted by molar-refractivity contribution is 5.46. The Morgan fingerprint density at radius 3 is 1.87 bits per heavy atom. The van der Waals surface area contributed by atoms with Crippen molar-refractivity contribution in [3.8, 4) is 0 Å². The van der Waals surface area contributed by atoms with Gasteiger partial charge >= 0.3 is 6.18 Å². The van der Waals surface area contributed by atoms with Crippen molar-refractivity contribution in [2.45, 2.75) is 6.18 Å². The van der Waals surface area contributed by atoms with Crippen molar-refractivity contribution < 1.29 is 26.3 Å². The van der Waals surface area contributed by atoms with Crippen LogP contribution in [0.2, 0.25) is 0 Å². The Kier molecular flexibility index (Phi) is 3.11. The van der Waals surface area contributed by atoms with Gasteiger partial charge in [-0.1, -0.05) is 0 Å². The summed E-state index contributed by atoms with van der Waals surface area (Å²) in [5, 5.41) is 1.51. The van der Waals surface area contributed by atoms with Crippen LogP contribution in [-0.2, 0) is 0 Å². The van der Waals surface area contributed by atoms with E-state index in [1.54, 1.807) is 0 Å². The molecule has 1 N–H and O–H groups in total. The summed E-state index contributed by atoms with van der Waals surface area (Å²) in [4.78, 5) is 0. The first-order valence-electron chi connectivity index (χ1n) is 3.75. The zero-order chi connectivity index (χ0) is 11.6. The van der Waals surface area contributed by atoms with E-state index >= 15 is 0 Å². The fourth-order valence-electron chi connectivity index (χ4n) is 0.900. The van der Waals surface area contributed by atoms with Crippen LogP contribution in [0.15, 0.2) is 12.1 Å². The second kappa shape index (κ2) is 4.00. The maximum absolute atomic E-state index is 12.8. The summed E-state index contributed by atoms with van der Waals surface area (Å²) >= 11 is 0. The number of nitrogens with one attached hydrogen (secondary N) is 1. The first-order valence-corrected chi connectivity index (χ1v) is 3.75. The number of rotatable bonds is 2. The molecule has 0 bridgehead atoms. The van der Waals surface area contributed by atoms with Crippen LogP contribution in [0.4, 0.5) is 32.0 Å². The number of benzene rings is 1. The number of hydrogen-bond acceptors (Lipinski definition) is 1. The maximum atomic E-state index is 12.8. The van der Waals surface area contributed by atoms with E-state index in [0.29, 0.717) is 12.1 Å². The van der Waals surface area contributed by atoms with Crippen LogP contribution in [0.5, 0.6) is 0 Å². The molecule has 1 aromatic rings. The first kappa shape index (κ1) is 11.7. The third-order valence-corrected chi connectivity index (χ3v) is 1.47. The van der Waals surface area contributed by atoms with Crippen molar-refractivity contribution in [2.75, 3.05) is 11.9 Å². The van der Waals surface area contributed by atoms with Crippen molar-refractivity contribution in [3.05, 3.63) is 29.6 Å². The summed E-state index contributed by atoms with van der Waals surface area (Å²) in [7, 11) is 0. The van der Waals surface area contributed by atoms with Gasteiger partial charge in [-0.2, -0.15) is 13.2 Å². The van der Waals surface area contributed by atoms with Crippen LogP contribution >= 0.6 is 0 Å². The highest BCUT2D eigenvalue weighted by Crippen LogP contribution is 2.22. The van der Waals surface area contributed by atoms with Gasteiger partial charge in [0.2, 0.25) is 0 Å². The molecule has 0 aromatic heterocycles. The van der Waals surface area contributed by atoms with Gasteiger partial charge in [0.1, 0.15) is 18.0 Å². The summed E-state index contributed by atoms with van der Waals surface area (Å²) in [6, 6.07) is 0.587. The molecule has 1 nitrogen and oxygen atoms in total. The zero-order valence-electron chi connectivity index (χ0n) is 7.13. The number of halogens is 6. The van der Waals surface area contributed by atoms with Crippen molar-refractivity contribution >= 4 is 5.69 Å². The second-order valence-corrected chi connectivity index (χ2v) is 2.71. The fourth-order valence-corrected chi connectivity index (χ4v) is 0.900. The Morgan fingerprint density at radius 1 is 1.00 bits per heavy atom. The highest BCUT2D eigenvalue weighted by Gasteiger charge is 2.27. The Labute approximate surface area is 80.7 Å². The largest absolute Gasteiger partial charge is 0.405 e. The van der Waals surface area contributed by atoms with Gasteiger partial charge in [-0.3, -0.25) is 0 Å². The number of alkyl halides is 3. The maximum Gasteiger partial charge on any atom is 0.405 e. The van der Waals surface area contributed by atoms with Crippen LogP contribution in [-0.4, -0.2) is 12.7 Å². The molecule has 0 saturated carbocycles. The molecule has 15 heavy (non-hydrogen) atoms. The van der Waals surface area contributed by atoms with E-state index in [9.17, 15) is 26.3 Å². The Balaban J connectivity index is 2.86. The molecule has 0 aliphatic rings. The molecule has 7 heteroatoms. The minimum absolute atomic E-state index is 0.293. The second-order valence-electron chi connectivity index (χ2n) is 2.71. The van der Waals surface area contributed by atoms with E-state index in [1.165, 1.54) is 5.32 Å². The van der Waals surface area contributed by atoms with E-state index in [-0.39, 0.29) is 0 Å². The predicted octanol–water partition coefficient (Wildman–Crippen LogP) is 3.08. The SMILES string of the molecule is Fc1cc(F)c(NCC(F)(F)F)c(F)c1. The summed E-state index contributed by atoms with van der Waals surface area (Å²) in [6.07, 6.45) is -4.60. The topological polar surface area (TPSA) is 12.0 Å².